The lowest BCUT2D eigenvalue weighted by atomic mass is 10.2. The molecule has 0 spiro atoms. The number of anilines is 1. The SMILES string of the molecule is O=C(COCc1ccsc1)N1CCN(c2ccc(Cl)cc2Cl)CC1. The van der Waals surface area contributed by atoms with Crippen molar-refractivity contribution in [2.45, 2.75) is 6.61 Å². The fraction of sp³-hybridized carbons (Fsp3) is 0.353. The van der Waals surface area contributed by atoms with Gasteiger partial charge in [0, 0.05) is 31.2 Å². The first-order chi connectivity index (χ1) is 11.6. The largest absolute Gasteiger partial charge is 0.367 e. The predicted molar refractivity (Wildman–Crippen MR) is 99.2 cm³/mol. The van der Waals surface area contributed by atoms with Crippen LogP contribution in [0.15, 0.2) is 35.0 Å². The maximum atomic E-state index is 12.2. The van der Waals surface area contributed by atoms with Crippen molar-refractivity contribution >= 4 is 46.1 Å². The summed E-state index contributed by atoms with van der Waals surface area (Å²) in [5.41, 5.74) is 2.07. The van der Waals surface area contributed by atoms with E-state index < -0.39 is 0 Å². The molecule has 4 nitrogen and oxygen atoms in total. The Morgan fingerprint density at radius 3 is 2.62 bits per heavy atom. The van der Waals surface area contributed by atoms with Gasteiger partial charge in [0.15, 0.2) is 0 Å². The van der Waals surface area contributed by atoms with Crippen molar-refractivity contribution in [2.75, 3.05) is 37.7 Å². The van der Waals surface area contributed by atoms with Crippen LogP contribution in [0.5, 0.6) is 0 Å². The summed E-state index contributed by atoms with van der Waals surface area (Å²) in [6.45, 7) is 3.43. The molecule has 1 aliphatic rings. The molecule has 0 unspecified atom stereocenters. The van der Waals surface area contributed by atoms with Crippen molar-refractivity contribution in [3.05, 3.63) is 50.6 Å². The molecule has 1 aliphatic heterocycles. The molecular weight excluding hydrogens is 367 g/mol. The Morgan fingerprint density at radius 1 is 1.17 bits per heavy atom. The topological polar surface area (TPSA) is 32.8 Å². The zero-order chi connectivity index (χ0) is 16.9. The summed E-state index contributed by atoms with van der Waals surface area (Å²) < 4.78 is 5.50. The Labute approximate surface area is 155 Å². The quantitative estimate of drug-likeness (QED) is 0.782. The minimum absolute atomic E-state index is 0.0343. The smallest absolute Gasteiger partial charge is 0.248 e. The van der Waals surface area contributed by atoms with Gasteiger partial charge in [-0.3, -0.25) is 4.79 Å². The lowest BCUT2D eigenvalue weighted by molar-refractivity contribution is -0.136. The second-order valence-electron chi connectivity index (χ2n) is 5.59. The van der Waals surface area contributed by atoms with Gasteiger partial charge in [-0.2, -0.15) is 11.3 Å². The molecule has 1 amide bonds. The number of hydrogen-bond acceptors (Lipinski definition) is 4. The van der Waals surface area contributed by atoms with Crippen molar-refractivity contribution in [3.8, 4) is 0 Å². The summed E-state index contributed by atoms with van der Waals surface area (Å²) in [6.07, 6.45) is 0. The molecule has 2 aromatic rings. The monoisotopic (exact) mass is 384 g/mol. The lowest BCUT2D eigenvalue weighted by Gasteiger charge is -2.36. The summed E-state index contributed by atoms with van der Waals surface area (Å²) in [4.78, 5) is 16.2. The van der Waals surface area contributed by atoms with E-state index >= 15 is 0 Å². The maximum Gasteiger partial charge on any atom is 0.248 e. The van der Waals surface area contributed by atoms with E-state index in [4.69, 9.17) is 27.9 Å². The van der Waals surface area contributed by atoms with Crippen LogP contribution in [0.2, 0.25) is 10.0 Å². The number of amides is 1. The van der Waals surface area contributed by atoms with Crippen LogP contribution < -0.4 is 4.90 Å². The molecule has 0 radical (unpaired) electrons. The van der Waals surface area contributed by atoms with Crippen LogP contribution in [0.4, 0.5) is 5.69 Å². The third-order valence-corrected chi connectivity index (χ3v) is 5.23. The highest BCUT2D eigenvalue weighted by molar-refractivity contribution is 7.07. The average Bonchev–Trinajstić information content (AvgIpc) is 3.08. The molecular formula is C17H18Cl2N2O2S. The molecule has 1 fully saturated rings. The maximum absolute atomic E-state index is 12.2. The summed E-state index contributed by atoms with van der Waals surface area (Å²) in [6, 6.07) is 7.50. The molecule has 0 aliphatic carbocycles. The molecule has 0 saturated carbocycles. The Balaban J connectivity index is 1.46. The number of nitrogens with zero attached hydrogens (tertiary/aromatic N) is 2. The van der Waals surface area contributed by atoms with Crippen LogP contribution in [-0.4, -0.2) is 43.6 Å². The third kappa shape index (κ3) is 4.42. The summed E-state index contributed by atoms with van der Waals surface area (Å²) in [5, 5.41) is 5.29. The minimum Gasteiger partial charge on any atom is -0.367 e. The summed E-state index contributed by atoms with van der Waals surface area (Å²) in [7, 11) is 0. The van der Waals surface area contributed by atoms with Crippen molar-refractivity contribution in [1.29, 1.82) is 0 Å². The number of piperazine rings is 1. The highest BCUT2D eigenvalue weighted by atomic mass is 35.5. The van der Waals surface area contributed by atoms with Gasteiger partial charge in [0.1, 0.15) is 6.61 Å². The van der Waals surface area contributed by atoms with E-state index in [0.29, 0.717) is 29.7 Å². The number of carbonyl (C=O) groups is 1. The number of ether oxygens (including phenoxy) is 1. The van der Waals surface area contributed by atoms with Crippen LogP contribution in [0.3, 0.4) is 0 Å². The van der Waals surface area contributed by atoms with Crippen LogP contribution in [0.1, 0.15) is 5.56 Å². The summed E-state index contributed by atoms with van der Waals surface area (Å²) >= 11 is 13.8. The standard InChI is InChI=1S/C17H18Cl2N2O2S/c18-14-1-2-16(15(19)9-14)20-4-6-21(7-5-20)17(22)11-23-10-13-3-8-24-12-13/h1-3,8-9,12H,4-7,10-11H2. The Bertz CT molecular complexity index is 686. The fourth-order valence-corrected chi connectivity index (χ4v) is 3.84. The van der Waals surface area contributed by atoms with Crippen molar-refractivity contribution in [3.63, 3.8) is 0 Å². The molecule has 3 rings (SSSR count). The molecule has 0 bridgehead atoms. The molecule has 0 atom stereocenters. The molecule has 1 aromatic carbocycles. The highest BCUT2D eigenvalue weighted by Gasteiger charge is 2.22. The lowest BCUT2D eigenvalue weighted by Crippen LogP contribution is -2.49. The van der Waals surface area contributed by atoms with Crippen LogP contribution >= 0.6 is 34.5 Å². The van der Waals surface area contributed by atoms with Gasteiger partial charge in [0.05, 0.1) is 17.3 Å². The van der Waals surface area contributed by atoms with Crippen molar-refractivity contribution in [1.82, 2.24) is 4.90 Å². The number of thiophene rings is 1. The first kappa shape index (κ1) is 17.5. The molecule has 24 heavy (non-hydrogen) atoms. The number of carbonyl (C=O) groups excluding carboxylic acids is 1. The fourth-order valence-electron chi connectivity index (χ4n) is 2.66. The van der Waals surface area contributed by atoms with Gasteiger partial charge in [-0.1, -0.05) is 23.2 Å². The van der Waals surface area contributed by atoms with Gasteiger partial charge < -0.3 is 14.5 Å². The van der Waals surface area contributed by atoms with E-state index in [1.54, 1.807) is 17.4 Å². The minimum atomic E-state index is 0.0343. The van der Waals surface area contributed by atoms with E-state index in [1.165, 1.54) is 0 Å². The van der Waals surface area contributed by atoms with E-state index in [2.05, 4.69) is 4.90 Å². The third-order valence-electron chi connectivity index (χ3n) is 3.96. The zero-order valence-corrected chi connectivity index (χ0v) is 15.4. The number of benzene rings is 1. The van der Waals surface area contributed by atoms with Gasteiger partial charge >= 0.3 is 0 Å². The van der Waals surface area contributed by atoms with Crippen LogP contribution in [-0.2, 0) is 16.1 Å². The van der Waals surface area contributed by atoms with Crippen molar-refractivity contribution in [2.24, 2.45) is 0 Å². The molecule has 0 N–H and O–H groups in total. The van der Waals surface area contributed by atoms with Crippen LogP contribution in [0.25, 0.3) is 0 Å². The van der Waals surface area contributed by atoms with Crippen molar-refractivity contribution < 1.29 is 9.53 Å². The van der Waals surface area contributed by atoms with E-state index in [0.717, 1.165) is 24.3 Å². The van der Waals surface area contributed by atoms with Gasteiger partial charge in [-0.15, -0.1) is 0 Å². The number of rotatable bonds is 5. The average molecular weight is 385 g/mol. The van der Waals surface area contributed by atoms with Gasteiger partial charge in [0.2, 0.25) is 5.91 Å². The van der Waals surface area contributed by atoms with E-state index in [1.807, 2.05) is 33.9 Å². The van der Waals surface area contributed by atoms with Gasteiger partial charge in [-0.25, -0.2) is 0 Å². The van der Waals surface area contributed by atoms with E-state index in [-0.39, 0.29) is 12.5 Å². The second-order valence-corrected chi connectivity index (χ2v) is 7.21. The molecule has 128 valence electrons. The van der Waals surface area contributed by atoms with Gasteiger partial charge in [0.25, 0.3) is 0 Å². The number of hydrogen-bond donors (Lipinski definition) is 0. The zero-order valence-electron chi connectivity index (χ0n) is 13.1. The summed E-state index contributed by atoms with van der Waals surface area (Å²) in [5.74, 6) is 0.0343. The Kier molecular flexibility index (Phi) is 6.00. The first-order valence-electron chi connectivity index (χ1n) is 7.70. The Morgan fingerprint density at radius 2 is 1.96 bits per heavy atom. The Hall–Kier alpha value is -1.27. The number of halogens is 2. The van der Waals surface area contributed by atoms with Crippen LogP contribution in [0, 0.1) is 0 Å². The first-order valence-corrected chi connectivity index (χ1v) is 9.40. The van der Waals surface area contributed by atoms with Gasteiger partial charge in [-0.05, 0) is 40.6 Å². The molecule has 1 saturated heterocycles. The second kappa shape index (κ2) is 8.21. The molecule has 7 heteroatoms. The van der Waals surface area contributed by atoms with E-state index in [9.17, 15) is 4.79 Å². The highest BCUT2D eigenvalue weighted by Crippen LogP contribution is 2.29. The normalized spacial score (nSPS) is 14.9. The predicted octanol–water partition coefficient (Wildman–Crippen LogP) is 3.92. The molecule has 1 aromatic heterocycles. The molecule has 2 heterocycles.